The standard InChI is InChI=1S/C6H9N3O2/c1-9-4(3-7)2-5(10)8-6(9)11/h2H,3,7H2,1H3,(H,8,10,11). The zero-order chi connectivity index (χ0) is 8.43. The number of hydrogen-bond donors (Lipinski definition) is 2. The van der Waals surface area contributed by atoms with Crippen molar-refractivity contribution in [1.82, 2.24) is 9.55 Å². The molecule has 1 heterocycles. The van der Waals surface area contributed by atoms with Crippen molar-refractivity contribution < 1.29 is 0 Å². The first-order chi connectivity index (χ1) is 5.15. The lowest BCUT2D eigenvalue weighted by atomic mass is 10.4. The first-order valence-electron chi connectivity index (χ1n) is 3.14. The Balaban J connectivity index is 3.49. The minimum absolute atomic E-state index is 0.190. The summed E-state index contributed by atoms with van der Waals surface area (Å²) >= 11 is 0. The van der Waals surface area contributed by atoms with Crippen molar-refractivity contribution in [2.45, 2.75) is 6.54 Å². The Morgan fingerprint density at radius 3 is 2.82 bits per heavy atom. The highest BCUT2D eigenvalue weighted by Gasteiger charge is 1.97. The molecule has 0 saturated heterocycles. The van der Waals surface area contributed by atoms with Gasteiger partial charge < -0.3 is 5.73 Å². The van der Waals surface area contributed by atoms with Gasteiger partial charge in [0.25, 0.3) is 5.56 Å². The molecule has 0 bridgehead atoms. The summed E-state index contributed by atoms with van der Waals surface area (Å²) in [6, 6.07) is 1.31. The summed E-state index contributed by atoms with van der Waals surface area (Å²) in [6.07, 6.45) is 0. The van der Waals surface area contributed by atoms with E-state index in [0.717, 1.165) is 0 Å². The summed E-state index contributed by atoms with van der Waals surface area (Å²) in [4.78, 5) is 23.7. The van der Waals surface area contributed by atoms with Gasteiger partial charge in [-0.1, -0.05) is 0 Å². The molecule has 3 N–H and O–H groups in total. The van der Waals surface area contributed by atoms with Crippen LogP contribution in [0.5, 0.6) is 0 Å². The Kier molecular flexibility index (Phi) is 1.91. The Bertz CT molecular complexity index is 363. The predicted octanol–water partition coefficient (Wildman–Crippen LogP) is -1.47. The number of nitrogens with two attached hydrogens (primary N) is 1. The average molecular weight is 155 g/mol. The fourth-order valence-corrected chi connectivity index (χ4v) is 0.800. The van der Waals surface area contributed by atoms with Crippen molar-refractivity contribution in [1.29, 1.82) is 0 Å². The molecule has 0 unspecified atom stereocenters. The zero-order valence-corrected chi connectivity index (χ0v) is 6.13. The van der Waals surface area contributed by atoms with Gasteiger partial charge in [0.05, 0.1) is 0 Å². The van der Waals surface area contributed by atoms with Gasteiger partial charge >= 0.3 is 5.69 Å². The van der Waals surface area contributed by atoms with Gasteiger partial charge in [-0.2, -0.15) is 0 Å². The number of nitrogens with zero attached hydrogens (tertiary/aromatic N) is 1. The van der Waals surface area contributed by atoms with Gasteiger partial charge in [0.1, 0.15) is 0 Å². The molecule has 11 heavy (non-hydrogen) atoms. The molecule has 5 heteroatoms. The number of nitrogens with one attached hydrogen (secondary N) is 1. The van der Waals surface area contributed by atoms with E-state index in [1.54, 1.807) is 7.05 Å². The summed E-state index contributed by atoms with van der Waals surface area (Å²) in [7, 11) is 1.56. The maximum Gasteiger partial charge on any atom is 0.328 e. The van der Waals surface area contributed by atoms with Crippen LogP contribution in [0.3, 0.4) is 0 Å². The first-order valence-corrected chi connectivity index (χ1v) is 3.14. The molecule has 5 nitrogen and oxygen atoms in total. The van der Waals surface area contributed by atoms with E-state index in [9.17, 15) is 9.59 Å². The molecule has 0 aliphatic heterocycles. The lowest BCUT2D eigenvalue weighted by molar-refractivity contribution is 0.730. The minimum atomic E-state index is -0.432. The van der Waals surface area contributed by atoms with E-state index in [2.05, 4.69) is 4.98 Å². The van der Waals surface area contributed by atoms with Gasteiger partial charge in [-0.25, -0.2) is 4.79 Å². The van der Waals surface area contributed by atoms with Gasteiger partial charge in [0.2, 0.25) is 0 Å². The van der Waals surface area contributed by atoms with Crippen LogP contribution in [0.2, 0.25) is 0 Å². The molecule has 0 atom stereocenters. The first kappa shape index (κ1) is 7.74. The highest BCUT2D eigenvalue weighted by atomic mass is 16.2. The third kappa shape index (κ3) is 1.38. The summed E-state index contributed by atoms with van der Waals surface area (Å²) in [5.74, 6) is 0. The maximum atomic E-state index is 10.9. The van der Waals surface area contributed by atoms with Crippen molar-refractivity contribution in [3.63, 3.8) is 0 Å². The SMILES string of the molecule is Cn1c(CN)cc(=O)[nH]c1=O. The molecule has 0 fully saturated rings. The van der Waals surface area contributed by atoms with Gasteiger partial charge in [-0.05, 0) is 0 Å². The third-order valence-corrected chi connectivity index (χ3v) is 1.47. The molecular weight excluding hydrogens is 146 g/mol. The largest absolute Gasteiger partial charge is 0.328 e. The van der Waals surface area contributed by atoms with Crippen molar-refractivity contribution in [2.75, 3.05) is 0 Å². The molecule has 1 aromatic rings. The molecule has 0 aliphatic rings. The maximum absolute atomic E-state index is 10.9. The Labute approximate surface area is 62.5 Å². The van der Waals surface area contributed by atoms with E-state index in [-0.39, 0.29) is 6.54 Å². The van der Waals surface area contributed by atoms with E-state index in [1.165, 1.54) is 10.6 Å². The Morgan fingerprint density at radius 1 is 1.64 bits per heavy atom. The van der Waals surface area contributed by atoms with Crippen LogP contribution in [0.4, 0.5) is 0 Å². The summed E-state index contributed by atoms with van der Waals surface area (Å²) in [5.41, 5.74) is 4.96. The Morgan fingerprint density at radius 2 is 2.27 bits per heavy atom. The number of H-pyrrole nitrogens is 1. The third-order valence-electron chi connectivity index (χ3n) is 1.47. The fourth-order valence-electron chi connectivity index (χ4n) is 0.800. The Hall–Kier alpha value is -1.36. The van der Waals surface area contributed by atoms with Crippen molar-refractivity contribution in [3.05, 3.63) is 32.6 Å². The topological polar surface area (TPSA) is 80.9 Å². The second kappa shape index (κ2) is 2.71. The van der Waals surface area contributed by atoms with E-state index >= 15 is 0 Å². The molecule has 0 saturated carbocycles. The van der Waals surface area contributed by atoms with Gasteiger partial charge in [0.15, 0.2) is 0 Å². The monoisotopic (exact) mass is 155 g/mol. The highest BCUT2D eigenvalue weighted by molar-refractivity contribution is 4.99. The molecule has 0 aromatic carbocycles. The second-order valence-electron chi connectivity index (χ2n) is 2.19. The van der Waals surface area contributed by atoms with Crippen LogP contribution in [0.15, 0.2) is 15.7 Å². The average Bonchev–Trinajstić information content (AvgIpc) is 1.96. The van der Waals surface area contributed by atoms with E-state index in [1.807, 2.05) is 0 Å². The van der Waals surface area contributed by atoms with Crippen molar-refractivity contribution in [3.8, 4) is 0 Å². The van der Waals surface area contributed by atoms with E-state index < -0.39 is 11.2 Å². The van der Waals surface area contributed by atoms with Crippen LogP contribution in [0, 0.1) is 0 Å². The van der Waals surface area contributed by atoms with Crippen molar-refractivity contribution in [2.24, 2.45) is 12.8 Å². The molecule has 0 radical (unpaired) electrons. The minimum Gasteiger partial charge on any atom is -0.325 e. The lowest BCUT2D eigenvalue weighted by Crippen LogP contribution is -2.31. The van der Waals surface area contributed by atoms with Crippen LogP contribution in [-0.4, -0.2) is 9.55 Å². The smallest absolute Gasteiger partial charge is 0.325 e. The molecule has 0 aliphatic carbocycles. The fraction of sp³-hybridized carbons (Fsp3) is 0.333. The van der Waals surface area contributed by atoms with Crippen LogP contribution < -0.4 is 17.0 Å². The van der Waals surface area contributed by atoms with Crippen LogP contribution in [0.1, 0.15) is 5.69 Å². The number of aromatic nitrogens is 2. The van der Waals surface area contributed by atoms with Crippen LogP contribution in [0.25, 0.3) is 0 Å². The predicted molar refractivity (Wildman–Crippen MR) is 40.2 cm³/mol. The van der Waals surface area contributed by atoms with Gasteiger partial charge in [-0.3, -0.25) is 14.3 Å². The summed E-state index contributed by atoms with van der Waals surface area (Å²) < 4.78 is 1.31. The number of rotatable bonds is 1. The summed E-state index contributed by atoms with van der Waals surface area (Å²) in [6.45, 7) is 0.190. The van der Waals surface area contributed by atoms with E-state index in [0.29, 0.717) is 5.69 Å². The van der Waals surface area contributed by atoms with E-state index in [4.69, 9.17) is 5.73 Å². The quantitative estimate of drug-likeness (QED) is 0.519. The molecule has 1 rings (SSSR count). The molecular formula is C6H9N3O2. The van der Waals surface area contributed by atoms with Gasteiger partial charge in [0, 0.05) is 25.4 Å². The zero-order valence-electron chi connectivity index (χ0n) is 6.13. The van der Waals surface area contributed by atoms with Crippen molar-refractivity contribution >= 4 is 0 Å². The molecule has 0 spiro atoms. The van der Waals surface area contributed by atoms with Crippen LogP contribution in [-0.2, 0) is 13.6 Å². The molecule has 1 aromatic heterocycles. The number of hydrogen-bond acceptors (Lipinski definition) is 3. The van der Waals surface area contributed by atoms with Gasteiger partial charge in [-0.15, -0.1) is 0 Å². The number of aromatic amines is 1. The highest BCUT2D eigenvalue weighted by Crippen LogP contribution is 1.84. The normalized spacial score (nSPS) is 10.0. The summed E-state index contributed by atoms with van der Waals surface area (Å²) in [5, 5.41) is 0. The molecule has 60 valence electrons. The lowest BCUT2D eigenvalue weighted by Gasteiger charge is -2.01. The molecule has 0 amide bonds. The van der Waals surface area contributed by atoms with Crippen LogP contribution >= 0.6 is 0 Å². The second-order valence-corrected chi connectivity index (χ2v) is 2.19.